The Hall–Kier alpha value is -1.07. The first-order chi connectivity index (χ1) is 9.44. The zero-order valence-corrected chi connectivity index (χ0v) is 13.2. The number of hydrogen-bond donors (Lipinski definition) is 1. The van der Waals surface area contributed by atoms with E-state index in [1.54, 1.807) is 25.3 Å². The van der Waals surface area contributed by atoms with Gasteiger partial charge in [-0.2, -0.15) is 0 Å². The molecule has 1 N–H and O–H groups in total. The molecule has 5 heteroatoms. The number of methoxy groups -OCH3 is 1. The second-order valence-electron chi connectivity index (χ2n) is 5.62. The van der Waals surface area contributed by atoms with Gasteiger partial charge in [-0.25, -0.2) is 13.1 Å². The van der Waals surface area contributed by atoms with E-state index in [4.69, 9.17) is 4.74 Å². The highest BCUT2D eigenvalue weighted by molar-refractivity contribution is 7.89. The lowest BCUT2D eigenvalue weighted by Crippen LogP contribution is -2.40. The third-order valence-electron chi connectivity index (χ3n) is 4.09. The number of ether oxygens (including phenoxy) is 1. The molecular formula is C15H23NO3S. The molecule has 1 fully saturated rings. The maximum Gasteiger partial charge on any atom is 0.240 e. The predicted octanol–water partition coefficient (Wildman–Crippen LogP) is 2.86. The Labute approximate surface area is 121 Å². The van der Waals surface area contributed by atoms with E-state index in [1.807, 2.05) is 6.92 Å². The van der Waals surface area contributed by atoms with Crippen LogP contribution < -0.4 is 9.46 Å². The summed E-state index contributed by atoms with van der Waals surface area (Å²) in [7, 11) is -1.86. The molecule has 0 unspecified atom stereocenters. The fourth-order valence-electron chi connectivity index (χ4n) is 2.78. The highest BCUT2D eigenvalue weighted by Crippen LogP contribution is 2.26. The molecule has 2 atom stereocenters. The Bertz CT molecular complexity index is 568. The summed E-state index contributed by atoms with van der Waals surface area (Å²) < 4.78 is 32.9. The van der Waals surface area contributed by atoms with E-state index >= 15 is 0 Å². The van der Waals surface area contributed by atoms with Crippen LogP contribution in [-0.4, -0.2) is 21.6 Å². The largest absolute Gasteiger partial charge is 0.496 e. The van der Waals surface area contributed by atoms with Crippen molar-refractivity contribution in [3.05, 3.63) is 23.8 Å². The van der Waals surface area contributed by atoms with E-state index in [0.29, 0.717) is 16.6 Å². The van der Waals surface area contributed by atoms with Crippen molar-refractivity contribution in [1.82, 2.24) is 4.72 Å². The summed E-state index contributed by atoms with van der Waals surface area (Å²) >= 11 is 0. The Morgan fingerprint density at radius 3 is 2.55 bits per heavy atom. The molecule has 0 amide bonds. The van der Waals surface area contributed by atoms with Crippen LogP contribution in [-0.2, 0) is 10.0 Å². The Morgan fingerprint density at radius 2 is 1.95 bits per heavy atom. The van der Waals surface area contributed by atoms with Crippen molar-refractivity contribution in [3.8, 4) is 5.75 Å². The highest BCUT2D eigenvalue weighted by Gasteiger charge is 2.26. The van der Waals surface area contributed by atoms with Crippen LogP contribution in [0, 0.1) is 12.8 Å². The Morgan fingerprint density at radius 1 is 1.25 bits per heavy atom. The average molecular weight is 297 g/mol. The average Bonchev–Trinajstić information content (AvgIpc) is 2.41. The van der Waals surface area contributed by atoms with Crippen molar-refractivity contribution < 1.29 is 13.2 Å². The fraction of sp³-hybridized carbons (Fsp3) is 0.600. The molecule has 1 aliphatic rings. The molecule has 2 rings (SSSR count). The summed E-state index contributed by atoms with van der Waals surface area (Å²) in [6, 6.07) is 5.01. The van der Waals surface area contributed by atoms with Gasteiger partial charge < -0.3 is 4.74 Å². The molecule has 0 bridgehead atoms. The number of sulfonamides is 1. The standard InChI is InChI=1S/C15H23NO3S/c1-11-6-4-5-7-14(11)16-20(17,18)13-8-9-15(19-3)12(2)10-13/h8-11,14,16H,4-7H2,1-3H3/t11-,14-/m1/s1. The van der Waals surface area contributed by atoms with Gasteiger partial charge in [0.05, 0.1) is 12.0 Å². The summed E-state index contributed by atoms with van der Waals surface area (Å²) in [4.78, 5) is 0.313. The third kappa shape index (κ3) is 3.33. The van der Waals surface area contributed by atoms with Gasteiger partial charge >= 0.3 is 0 Å². The van der Waals surface area contributed by atoms with Crippen LogP contribution in [0.5, 0.6) is 5.75 Å². The summed E-state index contributed by atoms with van der Waals surface area (Å²) in [6.45, 7) is 3.96. The SMILES string of the molecule is COc1ccc(S(=O)(=O)N[C@@H]2CCCC[C@H]2C)cc1C. The molecule has 4 nitrogen and oxygen atoms in total. The van der Waals surface area contributed by atoms with Crippen LogP contribution in [0.1, 0.15) is 38.2 Å². The first kappa shape index (κ1) is 15.3. The second kappa shape index (κ2) is 6.14. The normalized spacial score (nSPS) is 23.6. The zero-order chi connectivity index (χ0) is 14.8. The molecule has 112 valence electrons. The van der Waals surface area contributed by atoms with Gasteiger partial charge in [0, 0.05) is 6.04 Å². The monoisotopic (exact) mass is 297 g/mol. The molecule has 20 heavy (non-hydrogen) atoms. The zero-order valence-electron chi connectivity index (χ0n) is 12.3. The van der Waals surface area contributed by atoms with Crippen LogP contribution in [0.25, 0.3) is 0 Å². The topological polar surface area (TPSA) is 55.4 Å². The molecule has 1 aromatic carbocycles. The molecule has 0 aliphatic heterocycles. The van der Waals surface area contributed by atoms with Gasteiger partial charge in [0.1, 0.15) is 5.75 Å². The quantitative estimate of drug-likeness (QED) is 0.929. The molecule has 0 aromatic heterocycles. The fourth-order valence-corrected chi connectivity index (χ4v) is 4.24. The lowest BCUT2D eigenvalue weighted by atomic mass is 9.87. The van der Waals surface area contributed by atoms with Crippen LogP contribution in [0.2, 0.25) is 0 Å². The summed E-state index contributed by atoms with van der Waals surface area (Å²) in [5.74, 6) is 1.10. The minimum absolute atomic E-state index is 0.0520. The van der Waals surface area contributed by atoms with Crippen LogP contribution in [0.3, 0.4) is 0 Å². The van der Waals surface area contributed by atoms with Crippen LogP contribution >= 0.6 is 0 Å². The van der Waals surface area contributed by atoms with Crippen LogP contribution in [0.15, 0.2) is 23.1 Å². The van der Waals surface area contributed by atoms with Gasteiger partial charge in [0.15, 0.2) is 0 Å². The lowest BCUT2D eigenvalue weighted by Gasteiger charge is -2.29. The third-order valence-corrected chi connectivity index (χ3v) is 5.58. The van der Waals surface area contributed by atoms with Crippen LogP contribution in [0.4, 0.5) is 0 Å². The number of nitrogens with one attached hydrogen (secondary N) is 1. The molecular weight excluding hydrogens is 274 g/mol. The van der Waals surface area contributed by atoms with Gasteiger partial charge in [-0.3, -0.25) is 0 Å². The van der Waals surface area contributed by atoms with Gasteiger partial charge in [-0.05, 0) is 49.4 Å². The summed E-state index contributed by atoms with van der Waals surface area (Å²) in [5.41, 5.74) is 0.826. The predicted molar refractivity (Wildman–Crippen MR) is 79.5 cm³/mol. The Balaban J connectivity index is 2.19. The molecule has 0 radical (unpaired) electrons. The molecule has 0 spiro atoms. The smallest absolute Gasteiger partial charge is 0.240 e. The molecule has 1 aromatic rings. The van der Waals surface area contributed by atoms with Crippen molar-refractivity contribution in [3.63, 3.8) is 0 Å². The number of benzene rings is 1. The van der Waals surface area contributed by atoms with Crippen molar-refractivity contribution in [2.75, 3.05) is 7.11 Å². The van der Waals surface area contributed by atoms with Gasteiger partial charge in [-0.1, -0.05) is 19.8 Å². The lowest BCUT2D eigenvalue weighted by molar-refractivity contribution is 0.310. The number of rotatable bonds is 4. The molecule has 1 aliphatic carbocycles. The minimum atomic E-state index is -3.45. The van der Waals surface area contributed by atoms with E-state index in [1.165, 1.54) is 6.42 Å². The first-order valence-electron chi connectivity index (χ1n) is 7.11. The van der Waals surface area contributed by atoms with Crippen molar-refractivity contribution in [1.29, 1.82) is 0 Å². The van der Waals surface area contributed by atoms with Gasteiger partial charge in [0.2, 0.25) is 10.0 Å². The van der Waals surface area contributed by atoms with E-state index in [9.17, 15) is 8.42 Å². The van der Waals surface area contributed by atoms with E-state index < -0.39 is 10.0 Å². The highest BCUT2D eigenvalue weighted by atomic mass is 32.2. The van der Waals surface area contributed by atoms with E-state index in [2.05, 4.69) is 11.6 Å². The maximum absolute atomic E-state index is 12.4. The molecule has 0 heterocycles. The number of aryl methyl sites for hydroxylation is 1. The number of hydrogen-bond acceptors (Lipinski definition) is 3. The van der Waals surface area contributed by atoms with Gasteiger partial charge in [-0.15, -0.1) is 0 Å². The molecule has 1 saturated carbocycles. The molecule has 0 saturated heterocycles. The Kier molecular flexibility index (Phi) is 4.70. The second-order valence-corrected chi connectivity index (χ2v) is 7.33. The van der Waals surface area contributed by atoms with Crippen molar-refractivity contribution in [2.45, 2.75) is 50.5 Å². The van der Waals surface area contributed by atoms with Crippen molar-refractivity contribution >= 4 is 10.0 Å². The van der Waals surface area contributed by atoms with E-state index in [0.717, 1.165) is 24.8 Å². The maximum atomic E-state index is 12.4. The van der Waals surface area contributed by atoms with Gasteiger partial charge in [0.25, 0.3) is 0 Å². The summed E-state index contributed by atoms with van der Waals surface area (Å²) in [6.07, 6.45) is 4.31. The minimum Gasteiger partial charge on any atom is -0.496 e. The summed E-state index contributed by atoms with van der Waals surface area (Å²) in [5, 5.41) is 0. The van der Waals surface area contributed by atoms with Crippen molar-refractivity contribution in [2.24, 2.45) is 5.92 Å². The van der Waals surface area contributed by atoms with E-state index in [-0.39, 0.29) is 6.04 Å². The first-order valence-corrected chi connectivity index (χ1v) is 8.59.